The Hall–Kier alpha value is -5.29. The molecule has 0 saturated carbocycles. The van der Waals surface area contributed by atoms with Gasteiger partial charge in [-0.05, 0) is 65.2 Å². The first kappa shape index (κ1) is 25.8. The second kappa shape index (κ2) is 12.1. The zero-order chi connectivity index (χ0) is 26.9. The molecule has 0 spiro atoms. The highest BCUT2D eigenvalue weighted by Gasteiger charge is 2.23. The SMILES string of the molecule is COc1cc(C(Nc2ccc(C#N)cc2)C(=O)Nc2cccc(C(=O)[O-])c2)ccc1OCc1ccccc1. The Morgan fingerprint density at radius 3 is 2.34 bits per heavy atom. The van der Waals surface area contributed by atoms with Crippen LogP contribution >= 0.6 is 0 Å². The number of nitriles is 1. The van der Waals surface area contributed by atoms with E-state index in [1.54, 1.807) is 48.5 Å². The van der Waals surface area contributed by atoms with E-state index in [1.165, 1.54) is 25.3 Å². The van der Waals surface area contributed by atoms with Crippen LogP contribution in [0.4, 0.5) is 11.4 Å². The maximum Gasteiger partial charge on any atom is 0.251 e. The van der Waals surface area contributed by atoms with Crippen LogP contribution in [0, 0.1) is 11.3 Å². The van der Waals surface area contributed by atoms with Gasteiger partial charge in [-0.1, -0.05) is 48.5 Å². The van der Waals surface area contributed by atoms with Gasteiger partial charge in [-0.3, -0.25) is 4.79 Å². The molecule has 0 aliphatic heterocycles. The predicted molar refractivity (Wildman–Crippen MR) is 141 cm³/mol. The normalized spacial score (nSPS) is 11.1. The summed E-state index contributed by atoms with van der Waals surface area (Å²) < 4.78 is 11.5. The fourth-order valence-corrected chi connectivity index (χ4v) is 3.76. The number of carbonyl (C=O) groups excluding carboxylic acids is 2. The maximum atomic E-state index is 13.5. The number of hydrogen-bond donors (Lipinski definition) is 2. The fraction of sp³-hybridized carbons (Fsp3) is 0.100. The van der Waals surface area contributed by atoms with Crippen LogP contribution < -0.4 is 25.2 Å². The quantitative estimate of drug-likeness (QED) is 0.329. The largest absolute Gasteiger partial charge is 0.545 e. The van der Waals surface area contributed by atoms with Crippen molar-refractivity contribution in [1.29, 1.82) is 5.26 Å². The number of benzene rings is 4. The average molecular weight is 507 g/mol. The van der Waals surface area contributed by atoms with E-state index in [9.17, 15) is 14.7 Å². The molecular formula is C30H24N3O5-. The highest BCUT2D eigenvalue weighted by Crippen LogP contribution is 2.33. The summed E-state index contributed by atoms with van der Waals surface area (Å²) in [5.74, 6) is -0.829. The van der Waals surface area contributed by atoms with Crippen LogP contribution in [-0.4, -0.2) is 19.0 Å². The number of carboxylic acid groups (broad SMARTS) is 1. The van der Waals surface area contributed by atoms with E-state index < -0.39 is 17.9 Å². The lowest BCUT2D eigenvalue weighted by Gasteiger charge is -2.22. The van der Waals surface area contributed by atoms with Crippen molar-refractivity contribution in [2.24, 2.45) is 0 Å². The van der Waals surface area contributed by atoms with Gasteiger partial charge in [0.15, 0.2) is 11.5 Å². The van der Waals surface area contributed by atoms with Gasteiger partial charge >= 0.3 is 0 Å². The Bertz CT molecular complexity index is 1460. The van der Waals surface area contributed by atoms with Gasteiger partial charge in [0.05, 0.1) is 24.7 Å². The van der Waals surface area contributed by atoms with E-state index >= 15 is 0 Å². The Morgan fingerprint density at radius 2 is 1.66 bits per heavy atom. The smallest absolute Gasteiger partial charge is 0.251 e. The Kier molecular flexibility index (Phi) is 8.21. The molecule has 1 unspecified atom stereocenters. The third kappa shape index (κ3) is 6.47. The van der Waals surface area contributed by atoms with Crippen LogP contribution in [0.3, 0.4) is 0 Å². The Labute approximate surface area is 220 Å². The number of methoxy groups -OCH3 is 1. The fourth-order valence-electron chi connectivity index (χ4n) is 3.76. The van der Waals surface area contributed by atoms with Gasteiger partial charge in [-0.25, -0.2) is 0 Å². The predicted octanol–water partition coefficient (Wildman–Crippen LogP) is 4.30. The van der Waals surface area contributed by atoms with Crippen molar-refractivity contribution in [2.75, 3.05) is 17.7 Å². The topological polar surface area (TPSA) is 124 Å². The second-order valence-electron chi connectivity index (χ2n) is 8.31. The molecule has 4 aromatic rings. The third-order valence-corrected chi connectivity index (χ3v) is 5.71. The lowest BCUT2D eigenvalue weighted by Crippen LogP contribution is -2.28. The van der Waals surface area contributed by atoms with Crippen molar-refractivity contribution < 1.29 is 24.2 Å². The summed E-state index contributed by atoms with van der Waals surface area (Å²) in [7, 11) is 1.52. The highest BCUT2D eigenvalue weighted by molar-refractivity contribution is 5.98. The van der Waals surface area contributed by atoms with Gasteiger partial charge in [-0.2, -0.15) is 5.26 Å². The summed E-state index contributed by atoms with van der Waals surface area (Å²) in [6, 6.07) is 28.6. The number of nitrogens with one attached hydrogen (secondary N) is 2. The molecule has 4 aromatic carbocycles. The van der Waals surface area contributed by atoms with Crippen LogP contribution in [0.15, 0.2) is 97.1 Å². The summed E-state index contributed by atoms with van der Waals surface area (Å²) in [6.07, 6.45) is 0. The van der Waals surface area contributed by atoms with Crippen molar-refractivity contribution in [2.45, 2.75) is 12.6 Å². The molecule has 0 aliphatic carbocycles. The van der Waals surface area contributed by atoms with E-state index in [4.69, 9.17) is 14.7 Å². The second-order valence-corrected chi connectivity index (χ2v) is 8.31. The number of ether oxygens (including phenoxy) is 2. The molecule has 0 bridgehead atoms. The molecule has 8 nitrogen and oxygen atoms in total. The molecule has 8 heteroatoms. The maximum absolute atomic E-state index is 13.5. The number of carbonyl (C=O) groups is 2. The molecule has 2 N–H and O–H groups in total. The summed E-state index contributed by atoms with van der Waals surface area (Å²) in [5, 5.41) is 26.3. The number of carboxylic acids is 1. The van der Waals surface area contributed by atoms with Gasteiger partial charge < -0.3 is 30.0 Å². The first-order valence-corrected chi connectivity index (χ1v) is 11.7. The first-order valence-electron chi connectivity index (χ1n) is 11.7. The van der Waals surface area contributed by atoms with E-state index in [0.29, 0.717) is 40.6 Å². The monoisotopic (exact) mass is 506 g/mol. The van der Waals surface area contributed by atoms with E-state index in [-0.39, 0.29) is 5.56 Å². The van der Waals surface area contributed by atoms with Gasteiger partial charge in [0, 0.05) is 11.4 Å². The molecule has 190 valence electrons. The molecule has 0 saturated heterocycles. The van der Waals surface area contributed by atoms with Gasteiger partial charge in [0.1, 0.15) is 12.6 Å². The molecule has 0 fully saturated rings. The molecule has 38 heavy (non-hydrogen) atoms. The van der Waals surface area contributed by atoms with Crippen LogP contribution in [0.1, 0.15) is 33.1 Å². The highest BCUT2D eigenvalue weighted by atomic mass is 16.5. The van der Waals surface area contributed by atoms with Gasteiger partial charge in [0.2, 0.25) is 0 Å². The molecule has 4 rings (SSSR count). The molecule has 0 radical (unpaired) electrons. The lowest BCUT2D eigenvalue weighted by atomic mass is 10.0. The Morgan fingerprint density at radius 1 is 0.895 bits per heavy atom. The molecule has 1 atom stereocenters. The van der Waals surface area contributed by atoms with Crippen molar-refractivity contribution >= 4 is 23.3 Å². The molecule has 1 amide bonds. The van der Waals surface area contributed by atoms with Gasteiger partial charge in [-0.15, -0.1) is 0 Å². The van der Waals surface area contributed by atoms with E-state index in [0.717, 1.165) is 5.56 Å². The average Bonchev–Trinajstić information content (AvgIpc) is 2.95. The zero-order valence-corrected chi connectivity index (χ0v) is 20.5. The van der Waals surface area contributed by atoms with Crippen LogP contribution in [0.5, 0.6) is 11.5 Å². The number of rotatable bonds is 10. The number of nitrogens with zero attached hydrogens (tertiary/aromatic N) is 1. The summed E-state index contributed by atoms with van der Waals surface area (Å²) >= 11 is 0. The third-order valence-electron chi connectivity index (χ3n) is 5.71. The van der Waals surface area contributed by atoms with Crippen LogP contribution in [0.2, 0.25) is 0 Å². The molecule has 0 aliphatic rings. The summed E-state index contributed by atoms with van der Waals surface area (Å²) in [6.45, 7) is 0.346. The van der Waals surface area contributed by atoms with Crippen LogP contribution in [0.25, 0.3) is 0 Å². The minimum atomic E-state index is -1.34. The van der Waals surface area contributed by atoms with Crippen molar-refractivity contribution in [3.05, 3.63) is 119 Å². The minimum Gasteiger partial charge on any atom is -0.545 e. The zero-order valence-electron chi connectivity index (χ0n) is 20.5. The number of aromatic carboxylic acids is 1. The molecular weight excluding hydrogens is 482 g/mol. The summed E-state index contributed by atoms with van der Waals surface area (Å²) in [5.41, 5.74) is 2.91. The van der Waals surface area contributed by atoms with E-state index in [1.807, 2.05) is 30.3 Å². The first-order chi connectivity index (χ1) is 18.5. The van der Waals surface area contributed by atoms with Crippen molar-refractivity contribution in [1.82, 2.24) is 0 Å². The molecule has 0 heterocycles. The standard InChI is InChI=1S/C30H25N3O5/c1-37-27-17-22(12-15-26(27)38-19-21-6-3-2-4-7-21)28(32-24-13-10-20(18-31)11-14-24)29(34)33-25-9-5-8-23(16-25)30(35)36/h2-17,28,32H,19H2,1H3,(H,33,34)(H,35,36)/p-1. The molecule has 0 aromatic heterocycles. The summed E-state index contributed by atoms with van der Waals surface area (Å²) in [4.78, 5) is 24.7. The minimum absolute atomic E-state index is 0.0546. The number of hydrogen-bond acceptors (Lipinski definition) is 7. The Balaban J connectivity index is 1.62. The van der Waals surface area contributed by atoms with Crippen LogP contribution in [-0.2, 0) is 11.4 Å². The van der Waals surface area contributed by atoms with E-state index in [2.05, 4.69) is 16.7 Å². The lowest BCUT2D eigenvalue weighted by molar-refractivity contribution is -0.255. The van der Waals surface area contributed by atoms with Crippen molar-refractivity contribution in [3.63, 3.8) is 0 Å². The van der Waals surface area contributed by atoms with Gasteiger partial charge in [0.25, 0.3) is 5.91 Å². The number of amides is 1. The number of anilines is 2. The van der Waals surface area contributed by atoms with Crippen molar-refractivity contribution in [3.8, 4) is 17.6 Å².